The van der Waals surface area contributed by atoms with Crippen LogP contribution in [0.1, 0.15) is 0 Å². The molecule has 0 amide bonds. The summed E-state index contributed by atoms with van der Waals surface area (Å²) in [5.41, 5.74) is 3.13. The molecule has 1 heterocycles. The maximum Gasteiger partial charge on any atom is 0.120 e. The second kappa shape index (κ2) is 1.63. The first-order valence-electron chi connectivity index (χ1n) is 2.66. The third-order valence-corrected chi connectivity index (χ3v) is 1.07. The number of quaternary nitrogens is 1. The first-order valence-corrected chi connectivity index (χ1v) is 2.66. The molecule has 0 unspecified atom stereocenters. The molecule has 44 valence electrons. The van der Waals surface area contributed by atoms with Crippen LogP contribution in [0.3, 0.4) is 0 Å². The number of nitrogens with zero attached hydrogens (tertiary/aromatic N) is 1. The van der Waals surface area contributed by atoms with Crippen LogP contribution < -0.4 is 5.43 Å². The molecule has 0 aromatic heterocycles. The Morgan fingerprint density at radius 3 is 2.25 bits per heavy atom. The highest BCUT2D eigenvalue weighted by molar-refractivity contribution is 5.00. The summed E-state index contributed by atoms with van der Waals surface area (Å²) >= 11 is 0. The van der Waals surface area contributed by atoms with Gasteiger partial charge in [0.2, 0.25) is 0 Å². The van der Waals surface area contributed by atoms with Gasteiger partial charge in [-0.1, -0.05) is 0 Å². The van der Waals surface area contributed by atoms with Crippen molar-refractivity contribution in [2.24, 2.45) is 0 Å². The molecule has 0 atom stereocenters. The van der Waals surface area contributed by atoms with Crippen molar-refractivity contribution in [1.82, 2.24) is 5.43 Å². The van der Waals surface area contributed by atoms with Gasteiger partial charge in [0.15, 0.2) is 0 Å². The van der Waals surface area contributed by atoms with E-state index in [1.54, 1.807) is 0 Å². The van der Waals surface area contributed by atoms with Gasteiger partial charge in [0.05, 0.1) is 14.1 Å². The molecule has 8 heavy (non-hydrogen) atoms. The van der Waals surface area contributed by atoms with Gasteiger partial charge in [-0.05, 0) is 12.2 Å². The summed E-state index contributed by atoms with van der Waals surface area (Å²) in [5, 5.41) is 0. The molecule has 2 heteroatoms. The third kappa shape index (κ3) is 1.10. The largest absolute Gasteiger partial charge is 0.240 e. The van der Waals surface area contributed by atoms with Crippen molar-refractivity contribution < 1.29 is 4.59 Å². The van der Waals surface area contributed by atoms with E-state index in [-0.39, 0.29) is 0 Å². The van der Waals surface area contributed by atoms with Crippen molar-refractivity contribution in [3.8, 4) is 0 Å². The molecule has 0 aliphatic carbocycles. The molecular weight excluding hydrogens is 100 g/mol. The summed E-state index contributed by atoms with van der Waals surface area (Å²) in [6.45, 7) is 0. The number of allylic oxidation sites excluding steroid dienone is 2. The molecule has 0 radical (unpaired) electrons. The van der Waals surface area contributed by atoms with Gasteiger partial charge in [-0.25, -0.2) is 10.0 Å². The van der Waals surface area contributed by atoms with E-state index in [1.165, 1.54) is 0 Å². The van der Waals surface area contributed by atoms with Crippen LogP contribution >= 0.6 is 0 Å². The predicted molar refractivity (Wildman–Crippen MR) is 33.5 cm³/mol. The Morgan fingerprint density at radius 2 is 2.00 bits per heavy atom. The zero-order valence-electron chi connectivity index (χ0n) is 5.26. The van der Waals surface area contributed by atoms with Crippen LogP contribution in [0.2, 0.25) is 0 Å². The lowest BCUT2D eigenvalue weighted by molar-refractivity contribution is -0.879. The highest BCUT2D eigenvalue weighted by atomic mass is 15.6. The Balaban J connectivity index is 2.65. The van der Waals surface area contributed by atoms with E-state index in [0.717, 1.165) is 4.59 Å². The van der Waals surface area contributed by atoms with Crippen molar-refractivity contribution in [3.63, 3.8) is 0 Å². The fourth-order valence-electron chi connectivity index (χ4n) is 0.599. The highest BCUT2D eigenvalue weighted by Gasteiger charge is 2.07. The van der Waals surface area contributed by atoms with E-state index in [0.29, 0.717) is 0 Å². The quantitative estimate of drug-likeness (QED) is 0.451. The average molecular weight is 111 g/mol. The van der Waals surface area contributed by atoms with Gasteiger partial charge in [0.1, 0.15) is 6.20 Å². The first-order chi connectivity index (χ1) is 3.71. The second-order valence-electron chi connectivity index (χ2n) is 2.37. The van der Waals surface area contributed by atoms with Crippen molar-refractivity contribution in [2.75, 3.05) is 14.1 Å². The van der Waals surface area contributed by atoms with Crippen molar-refractivity contribution in [1.29, 1.82) is 0 Å². The van der Waals surface area contributed by atoms with E-state index in [2.05, 4.69) is 25.7 Å². The average Bonchev–Trinajstić information content (AvgIpc) is 1.65. The third-order valence-electron chi connectivity index (χ3n) is 1.07. The van der Waals surface area contributed by atoms with Crippen LogP contribution in [-0.4, -0.2) is 18.7 Å². The van der Waals surface area contributed by atoms with Gasteiger partial charge in [-0.3, -0.25) is 0 Å². The van der Waals surface area contributed by atoms with Crippen LogP contribution in [0.5, 0.6) is 0 Å². The van der Waals surface area contributed by atoms with Crippen LogP contribution in [0.15, 0.2) is 24.6 Å². The Labute approximate surface area is 49.7 Å². The normalized spacial score (nSPS) is 22.8. The Morgan fingerprint density at radius 1 is 1.25 bits per heavy atom. The van der Waals surface area contributed by atoms with Gasteiger partial charge in [-0.15, -0.1) is 0 Å². The molecule has 0 fully saturated rings. The molecule has 1 rings (SSSR count). The fourth-order valence-corrected chi connectivity index (χ4v) is 0.599. The minimum absolute atomic E-state index is 0.733. The molecule has 0 saturated heterocycles. The lowest BCUT2D eigenvalue weighted by Crippen LogP contribution is -2.44. The van der Waals surface area contributed by atoms with Crippen molar-refractivity contribution in [3.05, 3.63) is 24.6 Å². The van der Waals surface area contributed by atoms with E-state index in [4.69, 9.17) is 0 Å². The summed E-state index contributed by atoms with van der Waals surface area (Å²) in [5.74, 6) is 0. The molecule has 1 aliphatic rings. The molecule has 1 aliphatic heterocycles. The molecule has 0 aromatic carbocycles. The van der Waals surface area contributed by atoms with Crippen LogP contribution in [0.4, 0.5) is 0 Å². The standard InChI is InChI=1S/C6H11N2/c1-8(2)6-4-3-5-7-8/h3-7H,1-2H3/q+1. The maximum atomic E-state index is 3.13. The zero-order chi connectivity index (χ0) is 6.04. The van der Waals surface area contributed by atoms with E-state index in [1.807, 2.05) is 18.4 Å². The zero-order valence-corrected chi connectivity index (χ0v) is 5.26. The van der Waals surface area contributed by atoms with Crippen molar-refractivity contribution in [2.45, 2.75) is 0 Å². The molecule has 0 saturated carbocycles. The minimum Gasteiger partial charge on any atom is -0.240 e. The van der Waals surface area contributed by atoms with Gasteiger partial charge in [0, 0.05) is 6.20 Å². The molecule has 0 bridgehead atoms. The lowest BCUT2D eigenvalue weighted by Gasteiger charge is -2.24. The summed E-state index contributed by atoms with van der Waals surface area (Å²) in [4.78, 5) is 0. The lowest BCUT2D eigenvalue weighted by atomic mass is 10.5. The molecule has 2 nitrogen and oxygen atoms in total. The summed E-state index contributed by atoms with van der Waals surface area (Å²) in [7, 11) is 4.14. The Hall–Kier alpha value is -0.760. The second-order valence-corrected chi connectivity index (χ2v) is 2.37. The topological polar surface area (TPSA) is 12.0 Å². The molecule has 0 aromatic rings. The van der Waals surface area contributed by atoms with Gasteiger partial charge >= 0.3 is 0 Å². The summed E-state index contributed by atoms with van der Waals surface area (Å²) < 4.78 is 0.733. The maximum absolute atomic E-state index is 3.13. The minimum atomic E-state index is 0.733. The SMILES string of the molecule is C[N+]1(C)C=CC=CN1. The van der Waals surface area contributed by atoms with Gasteiger partial charge in [-0.2, -0.15) is 0 Å². The summed E-state index contributed by atoms with van der Waals surface area (Å²) in [6, 6.07) is 0. The molecular formula is C6H11N2+. The van der Waals surface area contributed by atoms with Crippen molar-refractivity contribution >= 4 is 0 Å². The smallest absolute Gasteiger partial charge is 0.120 e. The first kappa shape index (κ1) is 5.38. The molecule has 1 N–H and O–H groups in total. The fraction of sp³-hybridized carbons (Fsp3) is 0.333. The predicted octanol–water partition coefficient (Wildman–Crippen LogP) is 0.608. The molecule has 0 spiro atoms. The summed E-state index contributed by atoms with van der Waals surface area (Å²) in [6.07, 6.45) is 8.00. The monoisotopic (exact) mass is 111 g/mol. The number of nitrogens with one attached hydrogen (secondary N) is 1. The van der Waals surface area contributed by atoms with Crippen LogP contribution in [0, 0.1) is 0 Å². The highest BCUT2D eigenvalue weighted by Crippen LogP contribution is 1.96. The van der Waals surface area contributed by atoms with Crippen LogP contribution in [0.25, 0.3) is 0 Å². The van der Waals surface area contributed by atoms with E-state index < -0.39 is 0 Å². The van der Waals surface area contributed by atoms with E-state index >= 15 is 0 Å². The number of hydrogen-bond acceptors (Lipinski definition) is 1. The Bertz CT molecular complexity index is 133. The number of hydrogen-bond donors (Lipinski definition) is 1. The van der Waals surface area contributed by atoms with Gasteiger partial charge in [0.25, 0.3) is 0 Å². The van der Waals surface area contributed by atoms with Gasteiger partial charge < -0.3 is 0 Å². The van der Waals surface area contributed by atoms with Crippen LogP contribution in [-0.2, 0) is 0 Å². The number of rotatable bonds is 0. The van der Waals surface area contributed by atoms with E-state index in [9.17, 15) is 0 Å². The Kier molecular flexibility index (Phi) is 1.10.